The minimum Gasteiger partial charge on any atom is -0.490 e. The summed E-state index contributed by atoms with van der Waals surface area (Å²) in [4.78, 5) is 19.7. The number of thiazole rings is 1. The van der Waals surface area contributed by atoms with Crippen molar-refractivity contribution in [3.8, 4) is 17.2 Å². The van der Waals surface area contributed by atoms with E-state index in [2.05, 4.69) is 11.1 Å². The van der Waals surface area contributed by atoms with E-state index in [1.807, 2.05) is 53.6 Å². The quantitative estimate of drug-likeness (QED) is 0.537. The van der Waals surface area contributed by atoms with Gasteiger partial charge in [0.1, 0.15) is 12.4 Å². The van der Waals surface area contributed by atoms with Crippen molar-refractivity contribution in [1.82, 2.24) is 9.88 Å². The first-order chi connectivity index (χ1) is 15.7. The third kappa shape index (κ3) is 4.43. The molecule has 7 heteroatoms. The van der Waals surface area contributed by atoms with Gasteiger partial charge < -0.3 is 19.1 Å². The molecule has 1 aromatic heterocycles. The Morgan fingerprint density at radius 1 is 1.12 bits per heavy atom. The van der Waals surface area contributed by atoms with Crippen LogP contribution in [0.3, 0.4) is 0 Å². The molecule has 6 nitrogen and oxygen atoms in total. The van der Waals surface area contributed by atoms with Crippen LogP contribution in [0.4, 0.5) is 0 Å². The van der Waals surface area contributed by atoms with Gasteiger partial charge in [-0.1, -0.05) is 6.07 Å². The third-order valence-electron chi connectivity index (χ3n) is 5.82. The molecule has 166 valence electrons. The van der Waals surface area contributed by atoms with Crippen LogP contribution in [0.15, 0.2) is 47.8 Å². The Morgan fingerprint density at radius 2 is 1.94 bits per heavy atom. The van der Waals surface area contributed by atoms with Gasteiger partial charge in [-0.15, -0.1) is 11.3 Å². The number of hydrogen-bond donors (Lipinski definition) is 0. The Bertz CT molecular complexity index is 1100. The maximum atomic E-state index is 13.3. The highest BCUT2D eigenvalue weighted by atomic mass is 32.1. The first-order valence-corrected chi connectivity index (χ1v) is 11.9. The summed E-state index contributed by atoms with van der Waals surface area (Å²) in [6, 6.07) is 13.5. The van der Waals surface area contributed by atoms with Crippen molar-refractivity contribution in [2.75, 3.05) is 19.8 Å². The number of amides is 1. The fourth-order valence-corrected chi connectivity index (χ4v) is 4.83. The molecule has 2 aromatic carbocycles. The molecule has 3 aromatic rings. The zero-order valence-electron chi connectivity index (χ0n) is 18.1. The number of benzene rings is 2. The van der Waals surface area contributed by atoms with Gasteiger partial charge in [-0.05, 0) is 61.7 Å². The lowest BCUT2D eigenvalue weighted by Crippen LogP contribution is -2.30. The van der Waals surface area contributed by atoms with Crippen LogP contribution in [0.1, 0.15) is 51.9 Å². The fourth-order valence-electron chi connectivity index (χ4n) is 4.23. The number of aromatic nitrogens is 1. The normalized spacial score (nSPS) is 17.8. The zero-order valence-corrected chi connectivity index (χ0v) is 18.9. The summed E-state index contributed by atoms with van der Waals surface area (Å²) in [6.45, 7) is 4.48. The predicted molar refractivity (Wildman–Crippen MR) is 123 cm³/mol. The number of carbonyl (C=O) groups is 1. The number of nitrogens with zero attached hydrogens (tertiary/aromatic N) is 2. The molecule has 0 bridgehead atoms. The minimum atomic E-state index is 0.0429. The smallest absolute Gasteiger partial charge is 0.254 e. The summed E-state index contributed by atoms with van der Waals surface area (Å²) in [7, 11) is 0. The number of aryl methyl sites for hydroxylation is 1. The van der Waals surface area contributed by atoms with Gasteiger partial charge in [-0.2, -0.15) is 0 Å². The maximum Gasteiger partial charge on any atom is 0.254 e. The third-order valence-corrected chi connectivity index (χ3v) is 6.65. The van der Waals surface area contributed by atoms with Gasteiger partial charge in [0.25, 0.3) is 5.91 Å². The van der Waals surface area contributed by atoms with E-state index in [1.165, 1.54) is 0 Å². The Labute approximate surface area is 191 Å². The van der Waals surface area contributed by atoms with Crippen LogP contribution in [0, 0.1) is 6.92 Å². The highest BCUT2D eigenvalue weighted by Gasteiger charge is 2.31. The van der Waals surface area contributed by atoms with Gasteiger partial charge >= 0.3 is 0 Å². The highest BCUT2D eigenvalue weighted by Crippen LogP contribution is 2.38. The highest BCUT2D eigenvalue weighted by molar-refractivity contribution is 7.09. The molecule has 1 amide bonds. The molecule has 32 heavy (non-hydrogen) atoms. The standard InChI is InChI=1S/C25H26N2O4S/c1-17-26-20(16-32-17)15-31-21-8-5-18(6-9-21)25(28)27-11-2-4-22(27)19-7-10-23-24(14-19)30-13-3-12-29-23/h5-10,14,16,22H,2-4,11-13,15H2,1H3/t22-/m1/s1. The van der Waals surface area contributed by atoms with E-state index in [9.17, 15) is 4.79 Å². The van der Waals surface area contributed by atoms with Crippen LogP contribution < -0.4 is 14.2 Å². The number of rotatable bonds is 5. The lowest BCUT2D eigenvalue weighted by Gasteiger charge is -2.26. The predicted octanol–water partition coefficient (Wildman–Crippen LogP) is 5.17. The summed E-state index contributed by atoms with van der Waals surface area (Å²) in [6.07, 6.45) is 2.81. The SMILES string of the molecule is Cc1nc(COc2ccc(C(=O)N3CCC[C@@H]3c3ccc4c(c3)OCCCO4)cc2)cs1. The van der Waals surface area contributed by atoms with Crippen molar-refractivity contribution in [3.63, 3.8) is 0 Å². The van der Waals surface area contributed by atoms with Crippen molar-refractivity contribution in [3.05, 3.63) is 69.7 Å². The van der Waals surface area contributed by atoms with Crippen LogP contribution in [0.5, 0.6) is 17.2 Å². The number of hydrogen-bond acceptors (Lipinski definition) is 6. The van der Waals surface area contributed by atoms with Gasteiger partial charge in [0, 0.05) is 23.9 Å². The number of ether oxygens (including phenoxy) is 3. The number of likely N-dealkylation sites (tertiary alicyclic amines) is 1. The van der Waals surface area contributed by atoms with E-state index in [0.29, 0.717) is 25.4 Å². The molecule has 0 unspecified atom stereocenters. The summed E-state index contributed by atoms with van der Waals surface area (Å²) in [5.41, 5.74) is 2.68. The molecule has 3 heterocycles. The van der Waals surface area contributed by atoms with E-state index in [1.54, 1.807) is 11.3 Å². The van der Waals surface area contributed by atoms with Crippen molar-refractivity contribution in [2.45, 2.75) is 38.8 Å². The second-order valence-corrected chi connectivity index (χ2v) is 9.15. The molecule has 0 radical (unpaired) electrons. The maximum absolute atomic E-state index is 13.3. The van der Waals surface area contributed by atoms with Gasteiger partial charge in [-0.25, -0.2) is 4.98 Å². The molecule has 0 saturated carbocycles. The average molecular weight is 451 g/mol. The Kier molecular flexibility index (Phi) is 5.99. The molecule has 0 aliphatic carbocycles. The molecule has 0 spiro atoms. The van der Waals surface area contributed by atoms with E-state index < -0.39 is 0 Å². The molecule has 1 saturated heterocycles. The van der Waals surface area contributed by atoms with Crippen LogP contribution in [0.25, 0.3) is 0 Å². The van der Waals surface area contributed by atoms with Crippen molar-refractivity contribution < 1.29 is 19.0 Å². The Balaban J connectivity index is 1.27. The van der Waals surface area contributed by atoms with E-state index in [-0.39, 0.29) is 11.9 Å². The van der Waals surface area contributed by atoms with E-state index >= 15 is 0 Å². The molecule has 5 rings (SSSR count). The fraction of sp³-hybridized carbons (Fsp3) is 0.360. The molecule has 0 N–H and O–H groups in total. The Hall–Kier alpha value is -3.06. The summed E-state index contributed by atoms with van der Waals surface area (Å²) in [5, 5.41) is 3.03. The average Bonchev–Trinajstić information content (AvgIpc) is 3.40. The van der Waals surface area contributed by atoms with E-state index in [0.717, 1.165) is 59.3 Å². The van der Waals surface area contributed by atoms with Crippen LogP contribution >= 0.6 is 11.3 Å². The van der Waals surface area contributed by atoms with Crippen molar-refractivity contribution in [1.29, 1.82) is 0 Å². The lowest BCUT2D eigenvalue weighted by atomic mass is 10.0. The number of fused-ring (bicyclic) bond motifs is 1. The monoisotopic (exact) mass is 450 g/mol. The van der Waals surface area contributed by atoms with Gasteiger partial charge in [-0.3, -0.25) is 4.79 Å². The molecule has 1 fully saturated rings. The largest absolute Gasteiger partial charge is 0.490 e. The second kappa shape index (κ2) is 9.20. The van der Waals surface area contributed by atoms with Gasteiger partial charge in [0.05, 0.1) is 30.0 Å². The molecule has 2 aliphatic heterocycles. The van der Waals surface area contributed by atoms with Crippen LogP contribution in [0.2, 0.25) is 0 Å². The summed E-state index contributed by atoms with van der Waals surface area (Å²) >= 11 is 1.61. The second-order valence-electron chi connectivity index (χ2n) is 8.08. The molecule has 2 aliphatic rings. The van der Waals surface area contributed by atoms with Crippen molar-refractivity contribution in [2.24, 2.45) is 0 Å². The van der Waals surface area contributed by atoms with E-state index in [4.69, 9.17) is 14.2 Å². The molecular weight excluding hydrogens is 424 g/mol. The minimum absolute atomic E-state index is 0.0429. The lowest BCUT2D eigenvalue weighted by molar-refractivity contribution is 0.0735. The summed E-state index contributed by atoms with van der Waals surface area (Å²) in [5.74, 6) is 2.33. The summed E-state index contributed by atoms with van der Waals surface area (Å²) < 4.78 is 17.4. The Morgan fingerprint density at radius 3 is 2.72 bits per heavy atom. The molecule has 1 atom stereocenters. The first-order valence-electron chi connectivity index (χ1n) is 11.0. The van der Waals surface area contributed by atoms with Gasteiger partial charge in [0.2, 0.25) is 0 Å². The zero-order chi connectivity index (χ0) is 21.9. The van der Waals surface area contributed by atoms with Crippen molar-refractivity contribution >= 4 is 17.2 Å². The van der Waals surface area contributed by atoms with Gasteiger partial charge in [0.15, 0.2) is 11.5 Å². The van der Waals surface area contributed by atoms with Crippen LogP contribution in [-0.4, -0.2) is 35.5 Å². The first kappa shape index (κ1) is 20.8. The number of carbonyl (C=O) groups excluding carboxylic acids is 1. The van der Waals surface area contributed by atoms with Crippen LogP contribution in [-0.2, 0) is 6.61 Å². The molecular formula is C25H26N2O4S. The topological polar surface area (TPSA) is 60.9 Å².